The molecule has 0 aliphatic heterocycles. The summed E-state index contributed by atoms with van der Waals surface area (Å²) in [7, 11) is 0. The number of nitrogens with one attached hydrogen (secondary N) is 1. The zero-order valence-corrected chi connectivity index (χ0v) is 9.21. The molecule has 15 heavy (non-hydrogen) atoms. The lowest BCUT2D eigenvalue weighted by Gasteiger charge is -2.29. The first kappa shape index (κ1) is 13.6. The van der Waals surface area contributed by atoms with Gasteiger partial charge >= 0.3 is 0 Å². The molecule has 0 saturated heterocycles. The number of hydrogen-bond donors (Lipinski definition) is 2. The van der Waals surface area contributed by atoms with Crippen LogP contribution in [0, 0.1) is 0 Å². The van der Waals surface area contributed by atoms with Crippen LogP contribution >= 0.6 is 0 Å². The van der Waals surface area contributed by atoms with E-state index in [0.717, 1.165) is 12.8 Å². The summed E-state index contributed by atoms with van der Waals surface area (Å²) in [5.41, 5.74) is 3.85. The molecule has 0 aliphatic rings. The third-order valence-electron chi connectivity index (χ3n) is 2.55. The van der Waals surface area contributed by atoms with E-state index in [1.54, 1.807) is 6.92 Å². The fourth-order valence-corrected chi connectivity index (χ4v) is 1.52. The second-order valence-electron chi connectivity index (χ2n) is 3.49. The van der Waals surface area contributed by atoms with E-state index in [9.17, 15) is 14.4 Å². The van der Waals surface area contributed by atoms with Crippen molar-refractivity contribution in [3.63, 3.8) is 0 Å². The van der Waals surface area contributed by atoms with Gasteiger partial charge < -0.3 is 11.1 Å². The van der Waals surface area contributed by atoms with Gasteiger partial charge in [-0.05, 0) is 12.8 Å². The van der Waals surface area contributed by atoms with E-state index in [4.69, 9.17) is 5.73 Å². The lowest BCUT2D eigenvalue weighted by molar-refractivity contribution is -0.141. The van der Waals surface area contributed by atoms with E-state index in [-0.39, 0.29) is 0 Å². The van der Waals surface area contributed by atoms with Crippen molar-refractivity contribution in [3.05, 3.63) is 0 Å². The van der Waals surface area contributed by atoms with E-state index < -0.39 is 17.2 Å². The number of carbonyl (C=O) groups excluding carboxylic acids is 3. The summed E-state index contributed by atoms with van der Waals surface area (Å²) in [6, 6.07) is 0. The van der Waals surface area contributed by atoms with Gasteiger partial charge in [-0.2, -0.15) is 0 Å². The quantitative estimate of drug-likeness (QED) is 0.444. The summed E-state index contributed by atoms with van der Waals surface area (Å²) in [4.78, 5) is 32.9. The first-order chi connectivity index (χ1) is 7.04. The van der Waals surface area contributed by atoms with Crippen molar-refractivity contribution in [2.75, 3.05) is 0 Å². The van der Waals surface area contributed by atoms with Crippen molar-refractivity contribution in [2.45, 2.75) is 45.1 Å². The van der Waals surface area contributed by atoms with Gasteiger partial charge in [0.15, 0.2) is 0 Å². The maximum absolute atomic E-state index is 11.6. The molecule has 2 amide bonds. The standard InChI is InChI=1S/C10H18N2O3/c1-3-5-6-10(4-2,12-7-13)8(14)9(11)15/h7H,3-6H2,1-2H3,(H2,11,15)(H,12,13). The smallest absolute Gasteiger partial charge is 0.287 e. The highest BCUT2D eigenvalue weighted by Crippen LogP contribution is 2.19. The molecule has 0 fully saturated rings. The zero-order chi connectivity index (χ0) is 11.9. The molecule has 0 spiro atoms. The van der Waals surface area contributed by atoms with Gasteiger partial charge in [-0.1, -0.05) is 26.7 Å². The van der Waals surface area contributed by atoms with Crippen molar-refractivity contribution in [3.8, 4) is 0 Å². The molecule has 0 rings (SSSR count). The molecule has 0 aromatic heterocycles. The number of rotatable bonds is 8. The molecule has 3 N–H and O–H groups in total. The highest BCUT2D eigenvalue weighted by atomic mass is 16.2. The van der Waals surface area contributed by atoms with Crippen LogP contribution in [0.5, 0.6) is 0 Å². The molecule has 0 aromatic carbocycles. The van der Waals surface area contributed by atoms with E-state index >= 15 is 0 Å². The van der Waals surface area contributed by atoms with Crippen LogP contribution in [0.2, 0.25) is 0 Å². The molecule has 0 heterocycles. The summed E-state index contributed by atoms with van der Waals surface area (Å²) in [5, 5.41) is 2.43. The molecule has 5 heteroatoms. The van der Waals surface area contributed by atoms with Crippen LogP contribution in [-0.2, 0) is 14.4 Å². The highest BCUT2D eigenvalue weighted by molar-refractivity contribution is 6.39. The summed E-state index contributed by atoms with van der Waals surface area (Å²) < 4.78 is 0. The van der Waals surface area contributed by atoms with Gasteiger partial charge in [0.2, 0.25) is 12.2 Å². The van der Waals surface area contributed by atoms with Crippen LogP contribution < -0.4 is 11.1 Å². The number of primary amides is 1. The lowest BCUT2D eigenvalue weighted by atomic mass is 9.85. The van der Waals surface area contributed by atoms with Crippen LogP contribution in [0.15, 0.2) is 0 Å². The summed E-state index contributed by atoms with van der Waals surface area (Å²) in [6.07, 6.45) is 2.90. The molecule has 5 nitrogen and oxygen atoms in total. The SMILES string of the molecule is CCCCC(CC)(NC=O)C(=O)C(N)=O. The minimum atomic E-state index is -1.11. The Morgan fingerprint density at radius 2 is 2.00 bits per heavy atom. The summed E-state index contributed by atoms with van der Waals surface area (Å²) >= 11 is 0. The van der Waals surface area contributed by atoms with Crippen LogP contribution in [0.25, 0.3) is 0 Å². The maximum Gasteiger partial charge on any atom is 0.287 e. The van der Waals surface area contributed by atoms with Gasteiger partial charge in [0.1, 0.15) is 5.54 Å². The Bertz CT molecular complexity index is 253. The van der Waals surface area contributed by atoms with Crippen molar-refractivity contribution in [1.82, 2.24) is 5.32 Å². The molecule has 1 atom stereocenters. The average Bonchev–Trinajstić information content (AvgIpc) is 2.23. The second kappa shape index (κ2) is 6.16. The minimum absolute atomic E-state index is 0.369. The Morgan fingerprint density at radius 3 is 2.33 bits per heavy atom. The van der Waals surface area contributed by atoms with Gasteiger partial charge in [0.25, 0.3) is 5.91 Å². The van der Waals surface area contributed by atoms with Crippen LogP contribution in [0.1, 0.15) is 39.5 Å². The minimum Gasteiger partial charge on any atom is -0.363 e. The number of hydrogen-bond acceptors (Lipinski definition) is 3. The van der Waals surface area contributed by atoms with E-state index in [1.165, 1.54) is 0 Å². The third-order valence-corrected chi connectivity index (χ3v) is 2.55. The Balaban J connectivity index is 4.86. The van der Waals surface area contributed by atoms with Crippen LogP contribution in [0.4, 0.5) is 0 Å². The van der Waals surface area contributed by atoms with Crippen molar-refractivity contribution < 1.29 is 14.4 Å². The molecular formula is C10H18N2O3. The first-order valence-electron chi connectivity index (χ1n) is 5.09. The average molecular weight is 214 g/mol. The second-order valence-corrected chi connectivity index (χ2v) is 3.49. The Hall–Kier alpha value is -1.39. The zero-order valence-electron chi connectivity index (χ0n) is 9.21. The maximum atomic E-state index is 11.6. The van der Waals surface area contributed by atoms with Gasteiger partial charge in [-0.25, -0.2) is 0 Å². The number of ketones is 1. The number of Topliss-reactive ketones (excluding diaryl/α,β-unsaturated/α-hetero) is 1. The number of carbonyl (C=O) groups is 3. The summed E-state index contributed by atoms with van der Waals surface area (Å²) in [6.45, 7) is 3.71. The predicted octanol–water partition coefficient (Wildman–Crippen LogP) is 0.126. The predicted molar refractivity (Wildman–Crippen MR) is 55.9 cm³/mol. The van der Waals surface area contributed by atoms with E-state index in [0.29, 0.717) is 19.3 Å². The van der Waals surface area contributed by atoms with Crippen molar-refractivity contribution >= 4 is 18.1 Å². The Kier molecular flexibility index (Phi) is 5.59. The molecule has 86 valence electrons. The van der Waals surface area contributed by atoms with Crippen molar-refractivity contribution in [2.24, 2.45) is 5.73 Å². The normalized spacial score (nSPS) is 14.0. The third kappa shape index (κ3) is 3.34. The number of nitrogens with two attached hydrogens (primary N) is 1. The Morgan fingerprint density at radius 1 is 1.40 bits per heavy atom. The van der Waals surface area contributed by atoms with Crippen LogP contribution in [-0.4, -0.2) is 23.6 Å². The molecular weight excluding hydrogens is 196 g/mol. The molecule has 0 aliphatic carbocycles. The highest BCUT2D eigenvalue weighted by Gasteiger charge is 2.38. The van der Waals surface area contributed by atoms with E-state index in [1.807, 2.05) is 6.92 Å². The largest absolute Gasteiger partial charge is 0.363 e. The number of unbranched alkanes of at least 4 members (excludes halogenated alkanes) is 1. The van der Waals surface area contributed by atoms with Gasteiger partial charge in [-0.15, -0.1) is 0 Å². The molecule has 0 radical (unpaired) electrons. The molecule has 0 bridgehead atoms. The fourth-order valence-electron chi connectivity index (χ4n) is 1.52. The monoisotopic (exact) mass is 214 g/mol. The fraction of sp³-hybridized carbons (Fsp3) is 0.700. The van der Waals surface area contributed by atoms with Gasteiger partial charge in [-0.3, -0.25) is 14.4 Å². The topological polar surface area (TPSA) is 89.3 Å². The van der Waals surface area contributed by atoms with E-state index in [2.05, 4.69) is 5.32 Å². The lowest BCUT2D eigenvalue weighted by Crippen LogP contribution is -2.55. The van der Waals surface area contributed by atoms with Crippen LogP contribution in [0.3, 0.4) is 0 Å². The van der Waals surface area contributed by atoms with Crippen molar-refractivity contribution in [1.29, 1.82) is 0 Å². The van der Waals surface area contributed by atoms with Gasteiger partial charge in [0, 0.05) is 0 Å². The Labute approximate surface area is 89.4 Å². The molecule has 0 aromatic rings. The van der Waals surface area contributed by atoms with Gasteiger partial charge in [0.05, 0.1) is 0 Å². The molecule has 0 saturated carbocycles. The first-order valence-corrected chi connectivity index (χ1v) is 5.09. The summed E-state index contributed by atoms with van der Waals surface area (Å²) in [5.74, 6) is -1.71. The number of amides is 2. The molecule has 1 unspecified atom stereocenters.